The Balaban J connectivity index is 1.40. The SMILES string of the molecule is CC(=O)NC[C@H]1CN(c2ccc3c(c2)cc2n3C(=O)N(Cc3ccccc3)C2=O)C(=O)O1. The fraction of sp³-hybridized carbons (Fsp3) is 0.217. The second-order valence-electron chi connectivity index (χ2n) is 7.82. The first-order chi connectivity index (χ1) is 15.4. The Labute approximate surface area is 183 Å². The summed E-state index contributed by atoms with van der Waals surface area (Å²) in [7, 11) is 0. The lowest BCUT2D eigenvalue weighted by Crippen LogP contribution is -2.33. The zero-order valence-electron chi connectivity index (χ0n) is 17.3. The van der Waals surface area contributed by atoms with Gasteiger partial charge in [-0.2, -0.15) is 0 Å². The number of aromatic nitrogens is 1. The quantitative estimate of drug-likeness (QED) is 0.668. The van der Waals surface area contributed by atoms with Gasteiger partial charge in [0.25, 0.3) is 5.91 Å². The van der Waals surface area contributed by atoms with E-state index in [1.807, 2.05) is 30.3 Å². The molecule has 4 amide bonds. The van der Waals surface area contributed by atoms with Crippen LogP contribution in [0.4, 0.5) is 15.3 Å². The molecule has 0 aliphatic carbocycles. The number of fused-ring (bicyclic) bond motifs is 3. The lowest BCUT2D eigenvalue weighted by molar-refractivity contribution is -0.119. The highest BCUT2D eigenvalue weighted by Gasteiger charge is 2.38. The van der Waals surface area contributed by atoms with Crippen LogP contribution < -0.4 is 10.2 Å². The van der Waals surface area contributed by atoms with Gasteiger partial charge in [-0.1, -0.05) is 30.3 Å². The van der Waals surface area contributed by atoms with E-state index in [9.17, 15) is 19.2 Å². The monoisotopic (exact) mass is 432 g/mol. The number of ether oxygens (including phenoxy) is 1. The molecule has 1 N–H and O–H groups in total. The molecule has 0 unspecified atom stereocenters. The molecule has 0 radical (unpaired) electrons. The molecule has 3 heterocycles. The first-order valence-electron chi connectivity index (χ1n) is 10.2. The van der Waals surface area contributed by atoms with Crippen molar-refractivity contribution in [2.45, 2.75) is 19.6 Å². The molecule has 162 valence electrons. The summed E-state index contributed by atoms with van der Waals surface area (Å²) in [5.74, 6) is -0.549. The van der Waals surface area contributed by atoms with Crippen molar-refractivity contribution in [3.8, 4) is 0 Å². The zero-order valence-corrected chi connectivity index (χ0v) is 17.3. The highest BCUT2D eigenvalue weighted by molar-refractivity contribution is 6.16. The Morgan fingerprint density at radius 1 is 1.09 bits per heavy atom. The molecule has 3 aromatic rings. The van der Waals surface area contributed by atoms with Crippen molar-refractivity contribution < 1.29 is 23.9 Å². The number of carbonyl (C=O) groups is 4. The second-order valence-corrected chi connectivity index (χ2v) is 7.82. The summed E-state index contributed by atoms with van der Waals surface area (Å²) in [6.45, 7) is 2.13. The van der Waals surface area contributed by atoms with Crippen molar-refractivity contribution in [1.82, 2.24) is 14.8 Å². The highest BCUT2D eigenvalue weighted by atomic mass is 16.6. The number of hydrogen-bond acceptors (Lipinski definition) is 5. The van der Waals surface area contributed by atoms with Gasteiger partial charge in [0, 0.05) is 18.0 Å². The van der Waals surface area contributed by atoms with Crippen LogP contribution in [0.25, 0.3) is 10.9 Å². The van der Waals surface area contributed by atoms with Crippen molar-refractivity contribution in [3.63, 3.8) is 0 Å². The number of imide groups is 1. The molecule has 9 heteroatoms. The molecule has 5 rings (SSSR count). The lowest BCUT2D eigenvalue weighted by Gasteiger charge is -2.15. The van der Waals surface area contributed by atoms with Crippen LogP contribution in [-0.4, -0.2) is 52.6 Å². The molecule has 1 fully saturated rings. The molecule has 2 aromatic carbocycles. The van der Waals surface area contributed by atoms with Crippen molar-refractivity contribution in [2.24, 2.45) is 0 Å². The maximum absolute atomic E-state index is 13.0. The van der Waals surface area contributed by atoms with Crippen molar-refractivity contribution >= 4 is 40.5 Å². The van der Waals surface area contributed by atoms with Gasteiger partial charge in [-0.3, -0.25) is 24.0 Å². The Bertz CT molecular complexity index is 1270. The molecular weight excluding hydrogens is 412 g/mol. The summed E-state index contributed by atoms with van der Waals surface area (Å²) in [5, 5.41) is 3.32. The van der Waals surface area contributed by atoms with Crippen LogP contribution in [0.5, 0.6) is 0 Å². The summed E-state index contributed by atoms with van der Waals surface area (Å²) in [6, 6.07) is 15.8. The fourth-order valence-corrected chi connectivity index (χ4v) is 4.08. The maximum atomic E-state index is 13.0. The molecule has 32 heavy (non-hydrogen) atoms. The van der Waals surface area contributed by atoms with E-state index < -0.39 is 18.2 Å². The molecule has 0 saturated carbocycles. The van der Waals surface area contributed by atoms with Crippen LogP contribution >= 0.6 is 0 Å². The van der Waals surface area contributed by atoms with Crippen molar-refractivity contribution in [3.05, 3.63) is 65.9 Å². The number of nitrogens with zero attached hydrogens (tertiary/aromatic N) is 3. The molecule has 2 aliphatic rings. The number of benzene rings is 2. The van der Waals surface area contributed by atoms with Gasteiger partial charge >= 0.3 is 12.1 Å². The van der Waals surface area contributed by atoms with Gasteiger partial charge in [-0.15, -0.1) is 0 Å². The largest absolute Gasteiger partial charge is 0.442 e. The van der Waals surface area contributed by atoms with E-state index in [0.717, 1.165) is 5.56 Å². The standard InChI is InChI=1S/C23H20N4O5/c1-14(28)24-11-18-13-25(23(31)32-18)17-7-8-19-16(9-17)10-20-21(29)26(22(30)27(19)20)12-15-5-3-2-4-6-15/h2-10,18H,11-13H2,1H3,(H,24,28)/t18-/m0/s1. The minimum atomic E-state index is -0.507. The van der Waals surface area contributed by atoms with Gasteiger partial charge in [-0.05, 0) is 29.8 Å². The number of cyclic esters (lactones) is 1. The smallest absolute Gasteiger partial charge is 0.414 e. The minimum absolute atomic E-state index is 0.195. The summed E-state index contributed by atoms with van der Waals surface area (Å²) < 4.78 is 6.72. The highest BCUT2D eigenvalue weighted by Crippen LogP contribution is 2.32. The average molecular weight is 432 g/mol. The van der Waals surface area contributed by atoms with Crippen LogP contribution in [0, 0.1) is 0 Å². The van der Waals surface area contributed by atoms with Crippen LogP contribution in [-0.2, 0) is 16.1 Å². The molecule has 9 nitrogen and oxygen atoms in total. The van der Waals surface area contributed by atoms with E-state index in [-0.39, 0.29) is 24.9 Å². The Morgan fingerprint density at radius 2 is 1.88 bits per heavy atom. The van der Waals surface area contributed by atoms with E-state index in [4.69, 9.17) is 4.74 Å². The predicted octanol–water partition coefficient (Wildman–Crippen LogP) is 2.73. The third-order valence-electron chi connectivity index (χ3n) is 5.62. The van der Waals surface area contributed by atoms with Gasteiger partial charge < -0.3 is 10.1 Å². The number of carbonyl (C=O) groups excluding carboxylic acids is 4. The van der Waals surface area contributed by atoms with E-state index in [2.05, 4.69) is 5.32 Å². The first-order valence-corrected chi connectivity index (χ1v) is 10.2. The molecule has 2 aliphatic heterocycles. The molecule has 0 bridgehead atoms. The Hall–Kier alpha value is -4.14. The van der Waals surface area contributed by atoms with Crippen molar-refractivity contribution in [2.75, 3.05) is 18.0 Å². The third kappa shape index (κ3) is 3.27. The van der Waals surface area contributed by atoms with Crippen LogP contribution in [0.15, 0.2) is 54.6 Å². The third-order valence-corrected chi connectivity index (χ3v) is 5.62. The summed E-state index contributed by atoms with van der Waals surface area (Å²) in [4.78, 5) is 52.0. The van der Waals surface area contributed by atoms with E-state index >= 15 is 0 Å². The van der Waals surface area contributed by atoms with Gasteiger partial charge in [0.15, 0.2) is 0 Å². The zero-order chi connectivity index (χ0) is 22.4. The second kappa shape index (κ2) is 7.52. The summed E-state index contributed by atoms with van der Waals surface area (Å²) in [6.07, 6.45) is -0.955. The van der Waals surface area contributed by atoms with E-state index in [1.54, 1.807) is 24.3 Å². The van der Waals surface area contributed by atoms with Crippen LogP contribution in [0.3, 0.4) is 0 Å². The number of nitrogens with one attached hydrogen (secondary N) is 1. The molecule has 1 saturated heterocycles. The topological polar surface area (TPSA) is 101 Å². The lowest BCUT2D eigenvalue weighted by atomic mass is 10.2. The molecular formula is C23H20N4O5. The predicted molar refractivity (Wildman–Crippen MR) is 115 cm³/mol. The first kappa shape index (κ1) is 19.8. The van der Waals surface area contributed by atoms with Crippen LogP contribution in [0.1, 0.15) is 23.0 Å². The van der Waals surface area contributed by atoms with E-state index in [1.165, 1.54) is 21.3 Å². The van der Waals surface area contributed by atoms with Gasteiger partial charge in [0.1, 0.15) is 11.8 Å². The fourth-order valence-electron chi connectivity index (χ4n) is 4.08. The maximum Gasteiger partial charge on any atom is 0.414 e. The van der Waals surface area contributed by atoms with Gasteiger partial charge in [-0.25, -0.2) is 9.59 Å². The summed E-state index contributed by atoms with van der Waals surface area (Å²) >= 11 is 0. The molecule has 1 atom stereocenters. The van der Waals surface area contributed by atoms with Gasteiger partial charge in [0.05, 0.1) is 25.2 Å². The Kier molecular flexibility index (Phi) is 4.66. The number of amides is 4. The minimum Gasteiger partial charge on any atom is -0.442 e. The number of hydrogen-bond donors (Lipinski definition) is 1. The van der Waals surface area contributed by atoms with E-state index in [0.29, 0.717) is 28.8 Å². The summed E-state index contributed by atoms with van der Waals surface area (Å²) in [5.41, 5.74) is 2.36. The molecule has 1 aromatic heterocycles. The van der Waals surface area contributed by atoms with Crippen LogP contribution in [0.2, 0.25) is 0 Å². The normalized spacial score (nSPS) is 17.8. The Morgan fingerprint density at radius 3 is 2.62 bits per heavy atom. The molecule has 0 spiro atoms. The number of rotatable bonds is 5. The van der Waals surface area contributed by atoms with Gasteiger partial charge in [0.2, 0.25) is 5.91 Å². The number of anilines is 1. The van der Waals surface area contributed by atoms with Crippen molar-refractivity contribution in [1.29, 1.82) is 0 Å². The average Bonchev–Trinajstić information content (AvgIpc) is 3.41.